The minimum absolute atomic E-state index is 0.0425. The third-order valence-electron chi connectivity index (χ3n) is 4.16. The Labute approximate surface area is 164 Å². The molecule has 7 heteroatoms. The predicted octanol–water partition coefficient (Wildman–Crippen LogP) is 3.27. The molecule has 0 bridgehead atoms. The summed E-state index contributed by atoms with van der Waals surface area (Å²) in [6, 6.07) is 6.65. The Kier molecular flexibility index (Phi) is 7.09. The molecule has 2 aromatic rings. The molecule has 0 aliphatic rings. The number of hydrogen-bond acceptors (Lipinski definition) is 6. The molecule has 0 aliphatic carbocycles. The molecule has 0 aliphatic heterocycles. The molecule has 0 unspecified atom stereocenters. The third-order valence-corrected chi connectivity index (χ3v) is 4.16. The molecule has 0 amide bonds. The number of methoxy groups -OCH3 is 1. The summed E-state index contributed by atoms with van der Waals surface area (Å²) in [5.41, 5.74) is 0.816. The van der Waals surface area contributed by atoms with Crippen LogP contribution in [-0.2, 0) is 9.53 Å². The van der Waals surface area contributed by atoms with E-state index in [1.54, 1.807) is 32.0 Å². The number of hydrogen-bond donors (Lipinski definition) is 2. The van der Waals surface area contributed by atoms with Crippen LogP contribution in [0.4, 0.5) is 0 Å². The number of H-pyrrole nitrogens is 1. The van der Waals surface area contributed by atoms with Crippen LogP contribution < -0.4 is 15.0 Å². The minimum atomic E-state index is -0.703. The van der Waals surface area contributed by atoms with Gasteiger partial charge in [-0.25, -0.2) is 0 Å². The maximum atomic E-state index is 12.6. The van der Waals surface area contributed by atoms with Crippen molar-refractivity contribution < 1.29 is 24.1 Å². The molecule has 0 saturated heterocycles. The highest BCUT2D eigenvalue weighted by Crippen LogP contribution is 2.37. The van der Waals surface area contributed by atoms with E-state index in [0.717, 1.165) is 0 Å². The van der Waals surface area contributed by atoms with Crippen LogP contribution in [0.15, 0.2) is 29.1 Å². The maximum absolute atomic E-state index is 12.6. The van der Waals surface area contributed by atoms with Crippen LogP contribution in [0.3, 0.4) is 0 Å². The second kappa shape index (κ2) is 9.30. The molecule has 0 fully saturated rings. The van der Waals surface area contributed by atoms with Crippen LogP contribution in [0.1, 0.15) is 49.9 Å². The molecule has 1 atom stereocenters. The maximum Gasteiger partial charge on any atom is 0.306 e. The van der Waals surface area contributed by atoms with Gasteiger partial charge in [0.25, 0.3) is 5.56 Å². The number of esters is 1. The quantitative estimate of drug-likeness (QED) is 0.673. The molecule has 0 saturated carbocycles. The van der Waals surface area contributed by atoms with Crippen molar-refractivity contribution in [1.29, 1.82) is 0 Å². The molecule has 0 radical (unpaired) electrons. The second-order valence-corrected chi connectivity index (χ2v) is 6.72. The van der Waals surface area contributed by atoms with Crippen molar-refractivity contribution in [2.75, 3.05) is 13.7 Å². The van der Waals surface area contributed by atoms with Gasteiger partial charge in [0.05, 0.1) is 31.8 Å². The highest BCUT2D eigenvalue weighted by atomic mass is 16.5. The number of aromatic amines is 1. The number of pyridine rings is 1. The van der Waals surface area contributed by atoms with Crippen molar-refractivity contribution in [3.8, 4) is 17.2 Å². The van der Waals surface area contributed by atoms with Crippen LogP contribution in [0.5, 0.6) is 17.2 Å². The van der Waals surface area contributed by atoms with Gasteiger partial charge in [-0.15, -0.1) is 0 Å². The van der Waals surface area contributed by atoms with Gasteiger partial charge in [-0.3, -0.25) is 9.59 Å². The van der Waals surface area contributed by atoms with Gasteiger partial charge >= 0.3 is 5.97 Å². The number of aromatic hydroxyl groups is 1. The van der Waals surface area contributed by atoms with Gasteiger partial charge in [0.15, 0.2) is 11.5 Å². The number of ether oxygens (including phenoxy) is 3. The zero-order chi connectivity index (χ0) is 20.8. The van der Waals surface area contributed by atoms with Crippen LogP contribution in [0.2, 0.25) is 0 Å². The van der Waals surface area contributed by atoms with Crippen molar-refractivity contribution in [2.24, 2.45) is 0 Å². The van der Waals surface area contributed by atoms with E-state index in [1.807, 2.05) is 13.8 Å². The second-order valence-electron chi connectivity index (χ2n) is 6.72. The van der Waals surface area contributed by atoms with E-state index >= 15 is 0 Å². The Morgan fingerprint density at radius 3 is 2.50 bits per heavy atom. The van der Waals surface area contributed by atoms with E-state index in [2.05, 4.69) is 4.98 Å². The molecule has 1 heterocycles. The van der Waals surface area contributed by atoms with Crippen LogP contribution >= 0.6 is 0 Å². The molecule has 7 nitrogen and oxygen atoms in total. The average Bonchev–Trinajstić information content (AvgIpc) is 2.60. The smallest absolute Gasteiger partial charge is 0.306 e. The van der Waals surface area contributed by atoms with Crippen molar-refractivity contribution in [1.82, 2.24) is 4.98 Å². The number of aryl methyl sites for hydroxylation is 1. The predicted molar refractivity (Wildman–Crippen MR) is 105 cm³/mol. The number of aromatic nitrogens is 1. The fourth-order valence-electron chi connectivity index (χ4n) is 3.04. The van der Waals surface area contributed by atoms with E-state index in [4.69, 9.17) is 14.2 Å². The minimum Gasteiger partial charge on any atom is -0.507 e. The lowest BCUT2D eigenvalue weighted by molar-refractivity contribution is -0.143. The van der Waals surface area contributed by atoms with Crippen molar-refractivity contribution in [2.45, 2.75) is 46.1 Å². The Balaban J connectivity index is 2.57. The molecule has 2 N–H and O–H groups in total. The van der Waals surface area contributed by atoms with E-state index < -0.39 is 17.4 Å². The largest absolute Gasteiger partial charge is 0.507 e. The normalized spacial score (nSPS) is 11.9. The lowest BCUT2D eigenvalue weighted by Crippen LogP contribution is -2.21. The Morgan fingerprint density at radius 2 is 1.93 bits per heavy atom. The fraction of sp³-hybridized carbons (Fsp3) is 0.429. The topological polar surface area (TPSA) is 97.8 Å². The summed E-state index contributed by atoms with van der Waals surface area (Å²) in [6.45, 7) is 7.42. The molecule has 152 valence electrons. The van der Waals surface area contributed by atoms with Gasteiger partial charge < -0.3 is 24.3 Å². The lowest BCUT2D eigenvalue weighted by atomic mass is 9.88. The summed E-state index contributed by atoms with van der Waals surface area (Å²) in [6.07, 6.45) is -0.139. The van der Waals surface area contributed by atoms with Crippen LogP contribution in [0, 0.1) is 6.92 Å². The summed E-state index contributed by atoms with van der Waals surface area (Å²) in [5, 5.41) is 10.4. The molecular formula is C21H27NO6. The molecule has 28 heavy (non-hydrogen) atoms. The highest BCUT2D eigenvalue weighted by molar-refractivity contribution is 5.72. The van der Waals surface area contributed by atoms with Gasteiger partial charge in [-0.1, -0.05) is 6.07 Å². The first-order chi connectivity index (χ1) is 13.3. The van der Waals surface area contributed by atoms with Gasteiger partial charge in [0, 0.05) is 11.6 Å². The SMILES string of the molecule is CCOC(=O)C[C@H](c1ccc(OC(C)C)c(OC)c1)c1c(O)cc(C)[nH]c1=O. The summed E-state index contributed by atoms with van der Waals surface area (Å²) in [4.78, 5) is 27.4. The Morgan fingerprint density at radius 1 is 1.21 bits per heavy atom. The molecule has 1 aromatic carbocycles. The Hall–Kier alpha value is -2.96. The Bertz CT molecular complexity index is 887. The summed E-state index contributed by atoms with van der Waals surface area (Å²) in [5.74, 6) is -0.308. The molecule has 0 spiro atoms. The van der Waals surface area contributed by atoms with Crippen molar-refractivity contribution >= 4 is 5.97 Å². The highest BCUT2D eigenvalue weighted by Gasteiger charge is 2.26. The monoisotopic (exact) mass is 389 g/mol. The van der Waals surface area contributed by atoms with Crippen LogP contribution in [0.25, 0.3) is 0 Å². The first-order valence-corrected chi connectivity index (χ1v) is 9.19. The zero-order valence-electron chi connectivity index (χ0n) is 16.9. The van der Waals surface area contributed by atoms with Gasteiger partial charge in [0.2, 0.25) is 0 Å². The van der Waals surface area contributed by atoms with E-state index in [-0.39, 0.29) is 30.4 Å². The number of rotatable bonds is 8. The van der Waals surface area contributed by atoms with Gasteiger partial charge in [0.1, 0.15) is 5.75 Å². The fourth-order valence-corrected chi connectivity index (χ4v) is 3.04. The van der Waals surface area contributed by atoms with Crippen LogP contribution in [-0.4, -0.2) is 35.9 Å². The number of nitrogens with one attached hydrogen (secondary N) is 1. The molecule has 1 aromatic heterocycles. The standard InChI is InChI=1S/C21H27NO6/c1-6-27-19(24)11-15(20-16(23)9-13(4)22-21(20)25)14-7-8-17(28-12(2)3)18(10-14)26-5/h7-10,12,15H,6,11H2,1-5H3,(H2,22,23,25)/t15-/m1/s1. The van der Waals surface area contributed by atoms with E-state index in [9.17, 15) is 14.7 Å². The summed E-state index contributed by atoms with van der Waals surface area (Å²) >= 11 is 0. The lowest BCUT2D eigenvalue weighted by Gasteiger charge is -2.20. The summed E-state index contributed by atoms with van der Waals surface area (Å²) in [7, 11) is 1.52. The summed E-state index contributed by atoms with van der Waals surface area (Å²) < 4.78 is 16.2. The number of carbonyl (C=O) groups is 1. The average molecular weight is 389 g/mol. The van der Waals surface area contributed by atoms with E-state index in [0.29, 0.717) is 22.8 Å². The third kappa shape index (κ3) is 5.06. The van der Waals surface area contributed by atoms with Gasteiger partial charge in [-0.05, 0) is 51.5 Å². The molecular weight excluding hydrogens is 362 g/mol. The zero-order valence-corrected chi connectivity index (χ0v) is 16.9. The van der Waals surface area contributed by atoms with E-state index in [1.165, 1.54) is 13.2 Å². The number of benzene rings is 1. The van der Waals surface area contributed by atoms with Gasteiger partial charge in [-0.2, -0.15) is 0 Å². The first-order valence-electron chi connectivity index (χ1n) is 9.19. The van der Waals surface area contributed by atoms with Crippen molar-refractivity contribution in [3.63, 3.8) is 0 Å². The molecule has 2 rings (SSSR count). The van der Waals surface area contributed by atoms with Crippen molar-refractivity contribution in [3.05, 3.63) is 51.4 Å². The number of carbonyl (C=O) groups excluding carboxylic acids is 1. The first kappa shape index (κ1) is 21.3.